The zero-order valence-electron chi connectivity index (χ0n) is 10.3. The van der Waals surface area contributed by atoms with E-state index in [-0.39, 0.29) is 18.2 Å². The quantitative estimate of drug-likeness (QED) is 0.476. The van der Waals surface area contributed by atoms with Gasteiger partial charge in [-0.05, 0) is 6.92 Å². The number of aromatic nitrogens is 1. The number of hydrogen-bond donors (Lipinski definition) is 0. The molecule has 1 aromatic rings. The Bertz CT molecular complexity index is 493. The molecular weight excluding hydrogens is 306 g/mol. The van der Waals surface area contributed by atoms with Gasteiger partial charge in [0.2, 0.25) is 0 Å². The van der Waals surface area contributed by atoms with Gasteiger partial charge < -0.3 is 9.47 Å². The highest BCUT2D eigenvalue weighted by atomic mass is 35.5. The summed E-state index contributed by atoms with van der Waals surface area (Å²) < 4.78 is 58.2. The maximum absolute atomic E-state index is 13.4. The first kappa shape index (κ1) is 16.5. The summed E-state index contributed by atoms with van der Waals surface area (Å²) in [5.74, 6) is -3.10. The molecule has 0 amide bonds. The molecule has 0 fully saturated rings. The monoisotopic (exact) mass is 315 g/mol. The van der Waals surface area contributed by atoms with E-state index in [2.05, 4.69) is 14.5 Å². The van der Waals surface area contributed by atoms with E-state index in [9.17, 15) is 22.4 Å². The molecule has 0 atom stereocenters. The molecule has 0 saturated heterocycles. The van der Waals surface area contributed by atoms with E-state index in [1.807, 2.05) is 0 Å². The van der Waals surface area contributed by atoms with Crippen LogP contribution >= 0.6 is 11.6 Å². The predicted molar refractivity (Wildman–Crippen MR) is 60.8 cm³/mol. The zero-order chi connectivity index (χ0) is 15.3. The second kappa shape index (κ2) is 6.74. The Morgan fingerprint density at radius 3 is 2.55 bits per heavy atom. The van der Waals surface area contributed by atoms with Gasteiger partial charge in [0.15, 0.2) is 5.75 Å². The average molecular weight is 316 g/mol. The zero-order valence-corrected chi connectivity index (χ0v) is 11.0. The number of carbonyl (C=O) groups excluding carboxylic acids is 1. The highest BCUT2D eigenvalue weighted by Gasteiger charge is 2.33. The van der Waals surface area contributed by atoms with Crippen LogP contribution in [0.15, 0.2) is 6.07 Å². The van der Waals surface area contributed by atoms with Gasteiger partial charge in [-0.2, -0.15) is 0 Å². The Labute approximate surface area is 116 Å². The van der Waals surface area contributed by atoms with E-state index < -0.39 is 36.0 Å². The summed E-state index contributed by atoms with van der Waals surface area (Å²) in [4.78, 5) is 14.9. The van der Waals surface area contributed by atoms with Gasteiger partial charge in [-0.15, -0.1) is 24.8 Å². The number of rotatable bonds is 5. The van der Waals surface area contributed by atoms with E-state index in [1.54, 1.807) is 0 Å². The van der Waals surface area contributed by atoms with Crippen LogP contribution < -0.4 is 4.74 Å². The summed E-state index contributed by atoms with van der Waals surface area (Å²) in [7, 11) is 0. The summed E-state index contributed by atoms with van der Waals surface area (Å²) >= 11 is 5.41. The second-order valence-electron chi connectivity index (χ2n) is 3.52. The third-order valence-electron chi connectivity index (χ3n) is 2.06. The van der Waals surface area contributed by atoms with E-state index >= 15 is 0 Å². The molecule has 20 heavy (non-hydrogen) atoms. The van der Waals surface area contributed by atoms with Crippen LogP contribution in [0.2, 0.25) is 0 Å². The fraction of sp³-hybridized carbons (Fsp3) is 0.455. The molecule has 4 nitrogen and oxygen atoms in total. The molecule has 0 aromatic carbocycles. The first-order chi connectivity index (χ1) is 9.26. The van der Waals surface area contributed by atoms with Gasteiger partial charge in [0, 0.05) is 6.07 Å². The van der Waals surface area contributed by atoms with Crippen molar-refractivity contribution in [1.29, 1.82) is 0 Å². The van der Waals surface area contributed by atoms with Gasteiger partial charge >= 0.3 is 12.3 Å². The number of nitrogens with zero attached hydrogens (tertiary/aromatic N) is 1. The molecule has 0 aliphatic rings. The molecule has 1 rings (SSSR count). The summed E-state index contributed by atoms with van der Waals surface area (Å²) in [5.41, 5.74) is -0.668. The van der Waals surface area contributed by atoms with Crippen LogP contribution in [0.4, 0.5) is 17.6 Å². The van der Waals surface area contributed by atoms with E-state index in [4.69, 9.17) is 11.6 Å². The second-order valence-corrected chi connectivity index (χ2v) is 3.79. The Morgan fingerprint density at radius 2 is 2.05 bits per heavy atom. The summed E-state index contributed by atoms with van der Waals surface area (Å²) in [6.45, 7) is 1.59. The number of ether oxygens (including phenoxy) is 2. The first-order valence-corrected chi connectivity index (χ1v) is 5.96. The van der Waals surface area contributed by atoms with Gasteiger partial charge in [-0.25, -0.2) is 9.37 Å². The molecule has 0 unspecified atom stereocenters. The molecule has 9 heteroatoms. The highest BCUT2D eigenvalue weighted by Crippen LogP contribution is 2.28. The topological polar surface area (TPSA) is 48.4 Å². The molecule has 0 radical (unpaired) electrons. The lowest BCUT2D eigenvalue weighted by atomic mass is 10.2. The molecule has 0 saturated carbocycles. The number of alkyl halides is 4. The standard InChI is InChI=1S/C11H10ClF4NO3/c1-2-19-10(18)4-7-9(20-11(14,15)16)3-6(13)8(5-12)17-7/h3H,2,4-5H2,1H3. The maximum Gasteiger partial charge on any atom is 0.573 e. The van der Waals surface area contributed by atoms with Crippen molar-refractivity contribution in [2.75, 3.05) is 6.61 Å². The Kier molecular flexibility index (Phi) is 5.55. The van der Waals surface area contributed by atoms with Crippen molar-refractivity contribution in [3.05, 3.63) is 23.3 Å². The first-order valence-electron chi connectivity index (χ1n) is 5.42. The van der Waals surface area contributed by atoms with Crippen molar-refractivity contribution in [3.8, 4) is 5.75 Å². The van der Waals surface area contributed by atoms with Crippen molar-refractivity contribution in [2.24, 2.45) is 0 Å². The Hall–Kier alpha value is -1.57. The highest BCUT2D eigenvalue weighted by molar-refractivity contribution is 6.16. The van der Waals surface area contributed by atoms with Crippen molar-refractivity contribution in [2.45, 2.75) is 25.6 Å². The molecule has 0 spiro atoms. The molecule has 0 aliphatic heterocycles. The number of esters is 1. The number of carbonyl (C=O) groups is 1. The van der Waals surface area contributed by atoms with Crippen LogP contribution in [-0.4, -0.2) is 23.9 Å². The van der Waals surface area contributed by atoms with Crippen LogP contribution in [0.3, 0.4) is 0 Å². The fourth-order valence-electron chi connectivity index (χ4n) is 1.34. The minimum absolute atomic E-state index is 0.0534. The van der Waals surface area contributed by atoms with Crippen molar-refractivity contribution in [1.82, 2.24) is 4.98 Å². The predicted octanol–water partition coefficient (Wildman–Crippen LogP) is 2.96. The lowest BCUT2D eigenvalue weighted by molar-refractivity contribution is -0.275. The van der Waals surface area contributed by atoms with Gasteiger partial charge in [0.1, 0.15) is 5.82 Å². The van der Waals surface area contributed by atoms with Crippen molar-refractivity contribution in [3.63, 3.8) is 0 Å². The van der Waals surface area contributed by atoms with Crippen molar-refractivity contribution < 1.29 is 31.8 Å². The van der Waals surface area contributed by atoms with E-state index in [0.29, 0.717) is 6.07 Å². The maximum atomic E-state index is 13.4. The molecule has 1 heterocycles. The third kappa shape index (κ3) is 4.84. The number of halogens is 5. The Balaban J connectivity index is 3.12. The lowest BCUT2D eigenvalue weighted by Crippen LogP contribution is -2.20. The van der Waals surface area contributed by atoms with E-state index in [1.165, 1.54) is 6.92 Å². The molecule has 0 N–H and O–H groups in total. The Morgan fingerprint density at radius 1 is 1.40 bits per heavy atom. The third-order valence-corrected chi connectivity index (χ3v) is 2.31. The lowest BCUT2D eigenvalue weighted by Gasteiger charge is -2.13. The molecular formula is C11H10ClF4NO3. The van der Waals surface area contributed by atoms with Gasteiger partial charge in [0.05, 0.1) is 30.3 Å². The van der Waals surface area contributed by atoms with Crippen LogP contribution in [0.5, 0.6) is 5.75 Å². The fourth-order valence-corrected chi connectivity index (χ4v) is 1.52. The van der Waals surface area contributed by atoms with E-state index in [0.717, 1.165) is 0 Å². The van der Waals surface area contributed by atoms with Crippen LogP contribution in [0, 0.1) is 5.82 Å². The van der Waals surface area contributed by atoms with Gasteiger partial charge in [0.25, 0.3) is 0 Å². The smallest absolute Gasteiger partial charge is 0.466 e. The van der Waals surface area contributed by atoms with Crippen LogP contribution in [0.25, 0.3) is 0 Å². The van der Waals surface area contributed by atoms with Gasteiger partial charge in [-0.1, -0.05) is 0 Å². The molecule has 1 aromatic heterocycles. The molecule has 112 valence electrons. The number of pyridine rings is 1. The SMILES string of the molecule is CCOC(=O)Cc1nc(CCl)c(F)cc1OC(F)(F)F. The van der Waals surface area contributed by atoms with Crippen LogP contribution in [-0.2, 0) is 21.8 Å². The summed E-state index contributed by atoms with van der Waals surface area (Å²) in [6.07, 6.45) is -5.61. The molecule has 0 aliphatic carbocycles. The minimum Gasteiger partial charge on any atom is -0.466 e. The average Bonchev–Trinajstić information content (AvgIpc) is 2.30. The minimum atomic E-state index is -5.03. The largest absolute Gasteiger partial charge is 0.573 e. The van der Waals surface area contributed by atoms with Gasteiger partial charge in [-0.3, -0.25) is 4.79 Å². The van der Waals surface area contributed by atoms with Crippen molar-refractivity contribution >= 4 is 17.6 Å². The number of hydrogen-bond acceptors (Lipinski definition) is 4. The van der Waals surface area contributed by atoms with Crippen LogP contribution in [0.1, 0.15) is 18.3 Å². The summed E-state index contributed by atoms with van der Waals surface area (Å²) in [5, 5.41) is 0. The normalized spacial score (nSPS) is 11.3. The summed E-state index contributed by atoms with van der Waals surface area (Å²) in [6, 6.07) is 0.493. The molecule has 0 bridgehead atoms.